The highest BCUT2D eigenvalue weighted by atomic mass is 16.4. The molecule has 0 bridgehead atoms. The van der Waals surface area contributed by atoms with Gasteiger partial charge < -0.3 is 5.11 Å². The van der Waals surface area contributed by atoms with E-state index in [2.05, 4.69) is 18.9 Å². The van der Waals surface area contributed by atoms with Crippen molar-refractivity contribution in [3.8, 4) is 0 Å². The molecule has 0 aliphatic rings. The fourth-order valence-electron chi connectivity index (χ4n) is 1.48. The topological polar surface area (TPSA) is 55.1 Å². The molecule has 1 unspecified atom stereocenters. The van der Waals surface area contributed by atoms with Crippen LogP contribution in [0.2, 0.25) is 0 Å². The van der Waals surface area contributed by atoms with E-state index in [-0.39, 0.29) is 0 Å². The number of hydrogen-bond donors (Lipinski definition) is 1. The Morgan fingerprint density at radius 1 is 1.53 bits per heavy atom. The molecule has 1 rings (SSSR count). The maximum Gasteiger partial charge on any atom is 0.312 e. The Labute approximate surface area is 89.9 Å². The van der Waals surface area contributed by atoms with E-state index < -0.39 is 11.9 Å². The summed E-state index contributed by atoms with van der Waals surface area (Å²) in [6.45, 7) is 5.92. The molecule has 15 heavy (non-hydrogen) atoms. The Morgan fingerprint density at radius 2 is 2.13 bits per heavy atom. The lowest BCUT2D eigenvalue weighted by Crippen LogP contribution is -2.08. The first kappa shape index (κ1) is 11.8. The number of carboxylic acids is 1. The van der Waals surface area contributed by atoms with Gasteiger partial charge in [-0.25, -0.2) is 0 Å². The Morgan fingerprint density at radius 3 is 2.60 bits per heavy atom. The maximum atomic E-state index is 10.8. The molecule has 0 fully saturated rings. The van der Waals surface area contributed by atoms with Crippen molar-refractivity contribution in [1.29, 1.82) is 0 Å². The molecule has 4 heteroatoms. The molecular weight excluding hydrogens is 192 g/mol. The molecule has 84 valence electrons. The summed E-state index contributed by atoms with van der Waals surface area (Å²) in [6.07, 6.45) is 0.926. The molecule has 1 heterocycles. The lowest BCUT2D eigenvalue weighted by molar-refractivity contribution is -0.138. The molecule has 4 nitrogen and oxygen atoms in total. The quantitative estimate of drug-likeness (QED) is 0.824. The van der Waals surface area contributed by atoms with E-state index in [4.69, 9.17) is 5.11 Å². The summed E-state index contributed by atoms with van der Waals surface area (Å²) in [6, 6.07) is 1.89. The summed E-state index contributed by atoms with van der Waals surface area (Å²) < 4.78 is 1.77. The first-order chi connectivity index (χ1) is 6.91. The summed E-state index contributed by atoms with van der Waals surface area (Å²) >= 11 is 0. The second-order valence-electron chi connectivity index (χ2n) is 4.34. The van der Waals surface area contributed by atoms with E-state index in [0.29, 0.717) is 11.6 Å². The van der Waals surface area contributed by atoms with Crippen LogP contribution in [0.4, 0.5) is 0 Å². The minimum absolute atomic E-state index is 0.530. The second-order valence-corrected chi connectivity index (χ2v) is 4.34. The summed E-state index contributed by atoms with van der Waals surface area (Å²) in [4.78, 5) is 10.8. The van der Waals surface area contributed by atoms with Crippen molar-refractivity contribution in [2.75, 3.05) is 0 Å². The molecule has 0 aliphatic heterocycles. The minimum Gasteiger partial charge on any atom is -0.481 e. The number of aryl methyl sites for hydroxylation is 1. The number of carbonyl (C=O) groups is 1. The van der Waals surface area contributed by atoms with Crippen LogP contribution < -0.4 is 0 Å². The molecule has 1 aromatic heterocycles. The van der Waals surface area contributed by atoms with Crippen molar-refractivity contribution in [2.24, 2.45) is 13.0 Å². The van der Waals surface area contributed by atoms with Crippen LogP contribution >= 0.6 is 0 Å². The smallest absolute Gasteiger partial charge is 0.312 e. The van der Waals surface area contributed by atoms with Gasteiger partial charge >= 0.3 is 5.97 Å². The predicted octanol–water partition coefficient (Wildman–Crippen LogP) is 1.81. The predicted molar refractivity (Wildman–Crippen MR) is 57.8 cm³/mol. The highest BCUT2D eigenvalue weighted by Crippen LogP contribution is 2.17. The van der Waals surface area contributed by atoms with Crippen LogP contribution in [0.25, 0.3) is 0 Å². The van der Waals surface area contributed by atoms with E-state index in [9.17, 15) is 4.79 Å². The summed E-state index contributed by atoms with van der Waals surface area (Å²) in [5, 5.41) is 13.1. The van der Waals surface area contributed by atoms with Gasteiger partial charge in [-0.15, -0.1) is 0 Å². The van der Waals surface area contributed by atoms with Gasteiger partial charge in [0, 0.05) is 12.7 Å². The summed E-state index contributed by atoms with van der Waals surface area (Å²) in [5.41, 5.74) is 1.73. The van der Waals surface area contributed by atoms with Gasteiger partial charge in [0.25, 0.3) is 0 Å². The number of carboxylic acid groups (broad SMARTS) is 1. The number of aromatic nitrogens is 2. The normalized spacial score (nSPS) is 13.1. The molecule has 0 radical (unpaired) electrons. The van der Waals surface area contributed by atoms with Crippen molar-refractivity contribution in [2.45, 2.75) is 33.1 Å². The fourth-order valence-corrected chi connectivity index (χ4v) is 1.48. The zero-order valence-electron chi connectivity index (χ0n) is 9.69. The Bertz CT molecular complexity index is 355. The van der Waals surface area contributed by atoms with E-state index >= 15 is 0 Å². The minimum atomic E-state index is -0.829. The van der Waals surface area contributed by atoms with Crippen molar-refractivity contribution in [1.82, 2.24) is 9.78 Å². The van der Waals surface area contributed by atoms with E-state index in [0.717, 1.165) is 12.1 Å². The Balaban J connectivity index is 2.90. The average molecular weight is 210 g/mol. The average Bonchev–Trinajstić information content (AvgIpc) is 2.45. The van der Waals surface area contributed by atoms with Crippen LogP contribution in [-0.4, -0.2) is 20.9 Å². The highest BCUT2D eigenvalue weighted by Gasteiger charge is 2.18. The van der Waals surface area contributed by atoms with Crippen LogP contribution in [0.1, 0.15) is 38.1 Å². The van der Waals surface area contributed by atoms with E-state index in [1.165, 1.54) is 0 Å². The Kier molecular flexibility index (Phi) is 3.50. The molecule has 0 amide bonds. The third-order valence-corrected chi connectivity index (χ3v) is 2.43. The van der Waals surface area contributed by atoms with Gasteiger partial charge in [-0.05, 0) is 25.3 Å². The number of nitrogens with zero attached hydrogens (tertiary/aromatic N) is 2. The Hall–Kier alpha value is -1.32. The van der Waals surface area contributed by atoms with Crippen molar-refractivity contribution >= 4 is 5.97 Å². The molecule has 1 N–H and O–H groups in total. The van der Waals surface area contributed by atoms with Gasteiger partial charge in [0.05, 0.1) is 11.6 Å². The van der Waals surface area contributed by atoms with Crippen molar-refractivity contribution in [3.63, 3.8) is 0 Å². The molecule has 0 aromatic carbocycles. The largest absolute Gasteiger partial charge is 0.481 e. The zero-order chi connectivity index (χ0) is 11.6. The second kappa shape index (κ2) is 4.47. The van der Waals surface area contributed by atoms with E-state index in [1.807, 2.05) is 13.1 Å². The van der Waals surface area contributed by atoms with Crippen molar-refractivity contribution in [3.05, 3.63) is 17.5 Å². The fraction of sp³-hybridized carbons (Fsp3) is 0.636. The highest BCUT2D eigenvalue weighted by molar-refractivity contribution is 5.74. The number of aliphatic carboxylic acids is 1. The SMILES string of the molecule is CC(C)Cc1cc(C(C)C(=O)O)nn1C. The third kappa shape index (κ3) is 2.81. The maximum absolute atomic E-state index is 10.8. The molecule has 0 aliphatic carbocycles. The lowest BCUT2D eigenvalue weighted by atomic mass is 10.1. The molecule has 0 saturated carbocycles. The zero-order valence-corrected chi connectivity index (χ0v) is 9.69. The van der Waals surface area contributed by atoms with Gasteiger partial charge in [0.1, 0.15) is 0 Å². The van der Waals surface area contributed by atoms with Crippen LogP contribution in [-0.2, 0) is 18.3 Å². The monoisotopic (exact) mass is 210 g/mol. The van der Waals surface area contributed by atoms with E-state index in [1.54, 1.807) is 11.6 Å². The molecule has 1 atom stereocenters. The van der Waals surface area contributed by atoms with Crippen LogP contribution in [0.3, 0.4) is 0 Å². The van der Waals surface area contributed by atoms with Gasteiger partial charge in [-0.3, -0.25) is 9.48 Å². The summed E-state index contributed by atoms with van der Waals surface area (Å²) in [5.74, 6) is -0.810. The first-order valence-corrected chi connectivity index (χ1v) is 5.17. The van der Waals surface area contributed by atoms with Gasteiger partial charge in [-0.1, -0.05) is 13.8 Å². The number of hydrogen-bond acceptors (Lipinski definition) is 2. The molecule has 0 saturated heterocycles. The standard InChI is InChI=1S/C11H18N2O2/c1-7(2)5-9-6-10(12-13(9)4)8(3)11(14)15/h6-8H,5H2,1-4H3,(H,14,15). The van der Waals surface area contributed by atoms with Crippen LogP contribution in [0, 0.1) is 5.92 Å². The molecule has 1 aromatic rings. The third-order valence-electron chi connectivity index (χ3n) is 2.43. The van der Waals surface area contributed by atoms with Crippen LogP contribution in [0.5, 0.6) is 0 Å². The molecular formula is C11H18N2O2. The first-order valence-electron chi connectivity index (χ1n) is 5.17. The van der Waals surface area contributed by atoms with Crippen molar-refractivity contribution < 1.29 is 9.90 Å². The van der Waals surface area contributed by atoms with Gasteiger partial charge in [-0.2, -0.15) is 5.10 Å². The number of rotatable bonds is 4. The van der Waals surface area contributed by atoms with Gasteiger partial charge in [0.2, 0.25) is 0 Å². The van der Waals surface area contributed by atoms with Gasteiger partial charge in [0.15, 0.2) is 0 Å². The summed E-state index contributed by atoms with van der Waals surface area (Å²) in [7, 11) is 1.86. The van der Waals surface area contributed by atoms with Crippen LogP contribution in [0.15, 0.2) is 6.07 Å². The lowest BCUT2D eigenvalue weighted by Gasteiger charge is -2.03. The molecule has 0 spiro atoms.